The molecule has 1 aromatic heterocycles. The van der Waals surface area contributed by atoms with Crippen molar-refractivity contribution < 1.29 is 4.74 Å². The molecular weight excluding hydrogens is 266 g/mol. The van der Waals surface area contributed by atoms with Crippen molar-refractivity contribution in [2.24, 2.45) is 0 Å². The maximum atomic E-state index is 5.62. The van der Waals surface area contributed by atoms with Crippen molar-refractivity contribution in [2.45, 2.75) is 13.3 Å². The summed E-state index contributed by atoms with van der Waals surface area (Å²) in [4.78, 5) is 4.21. The number of benzene rings is 1. The Morgan fingerprint density at radius 1 is 1.12 bits per heavy atom. The summed E-state index contributed by atoms with van der Waals surface area (Å²) in [6.45, 7) is 2.13. The Labute approximate surface area is 103 Å². The third-order valence-corrected chi connectivity index (χ3v) is 2.69. The second-order valence-corrected chi connectivity index (χ2v) is 4.21. The summed E-state index contributed by atoms with van der Waals surface area (Å²) in [5, 5.41) is 0. The van der Waals surface area contributed by atoms with Crippen LogP contribution in [0.25, 0.3) is 0 Å². The number of aryl methyl sites for hydroxylation is 1. The van der Waals surface area contributed by atoms with Crippen molar-refractivity contribution in [1.82, 2.24) is 4.98 Å². The third kappa shape index (κ3) is 2.83. The van der Waals surface area contributed by atoms with E-state index < -0.39 is 0 Å². The fraction of sp³-hybridized carbons (Fsp3) is 0.154. The fourth-order valence-electron chi connectivity index (χ4n) is 1.36. The zero-order valence-corrected chi connectivity index (χ0v) is 10.6. The van der Waals surface area contributed by atoms with Crippen LogP contribution in [-0.4, -0.2) is 4.98 Å². The maximum Gasteiger partial charge on any atom is 0.220 e. The molecule has 3 heteroatoms. The van der Waals surface area contributed by atoms with Crippen LogP contribution in [0.1, 0.15) is 12.5 Å². The number of hydrogen-bond donors (Lipinski definition) is 0. The first-order chi connectivity index (χ1) is 7.78. The average Bonchev–Trinajstić information content (AvgIpc) is 2.30. The molecule has 0 N–H and O–H groups in total. The van der Waals surface area contributed by atoms with E-state index in [2.05, 4.69) is 40.0 Å². The number of pyridine rings is 1. The molecule has 0 aliphatic rings. The minimum atomic E-state index is 0.596. The Hall–Kier alpha value is -1.35. The van der Waals surface area contributed by atoms with E-state index in [9.17, 15) is 0 Å². The second-order valence-electron chi connectivity index (χ2n) is 3.40. The summed E-state index contributed by atoms with van der Waals surface area (Å²) >= 11 is 3.31. The van der Waals surface area contributed by atoms with Crippen LogP contribution in [0.4, 0.5) is 0 Å². The summed E-state index contributed by atoms with van der Waals surface area (Å²) in [5.41, 5.74) is 1.30. The Bertz CT molecular complexity index is 468. The van der Waals surface area contributed by atoms with Gasteiger partial charge in [0.05, 0.1) is 0 Å². The Morgan fingerprint density at radius 3 is 2.50 bits per heavy atom. The smallest absolute Gasteiger partial charge is 0.220 e. The predicted molar refractivity (Wildman–Crippen MR) is 67.8 cm³/mol. The summed E-state index contributed by atoms with van der Waals surface area (Å²) in [6, 6.07) is 13.6. The van der Waals surface area contributed by atoms with Crippen molar-refractivity contribution in [3.8, 4) is 11.6 Å². The summed E-state index contributed by atoms with van der Waals surface area (Å²) < 4.78 is 6.39. The normalized spacial score (nSPS) is 10.1. The van der Waals surface area contributed by atoms with Crippen LogP contribution in [-0.2, 0) is 6.42 Å². The molecule has 2 rings (SSSR count). The van der Waals surface area contributed by atoms with E-state index in [-0.39, 0.29) is 0 Å². The van der Waals surface area contributed by atoms with Crippen molar-refractivity contribution in [2.75, 3.05) is 0 Å². The van der Waals surface area contributed by atoms with Gasteiger partial charge in [-0.2, -0.15) is 0 Å². The summed E-state index contributed by atoms with van der Waals surface area (Å²) in [5.74, 6) is 1.40. The Kier molecular flexibility index (Phi) is 3.57. The van der Waals surface area contributed by atoms with Gasteiger partial charge in [0.25, 0.3) is 0 Å². The third-order valence-electron chi connectivity index (χ3n) is 2.24. The number of ether oxygens (including phenoxy) is 1. The minimum Gasteiger partial charge on any atom is -0.439 e. The zero-order chi connectivity index (χ0) is 11.4. The van der Waals surface area contributed by atoms with E-state index in [0.717, 1.165) is 16.8 Å². The number of aromatic nitrogens is 1. The number of halogens is 1. The van der Waals surface area contributed by atoms with Gasteiger partial charge >= 0.3 is 0 Å². The second kappa shape index (κ2) is 5.12. The molecular formula is C13H12BrNO. The zero-order valence-electron chi connectivity index (χ0n) is 8.98. The van der Waals surface area contributed by atoms with Gasteiger partial charge in [-0.15, -0.1) is 0 Å². The maximum absolute atomic E-state index is 5.62. The average molecular weight is 278 g/mol. The van der Waals surface area contributed by atoms with Gasteiger partial charge in [0, 0.05) is 6.07 Å². The SMILES string of the molecule is CCc1ccc(Oc2cccc(Br)n2)cc1. The lowest BCUT2D eigenvalue weighted by Crippen LogP contribution is -1.88. The lowest BCUT2D eigenvalue weighted by molar-refractivity contribution is 0.461. The predicted octanol–water partition coefficient (Wildman–Crippen LogP) is 4.20. The van der Waals surface area contributed by atoms with Crippen molar-refractivity contribution >= 4 is 15.9 Å². The van der Waals surface area contributed by atoms with E-state index in [1.807, 2.05) is 30.3 Å². The molecule has 0 atom stereocenters. The molecule has 0 aliphatic carbocycles. The number of hydrogen-bond acceptors (Lipinski definition) is 2. The molecule has 2 nitrogen and oxygen atoms in total. The van der Waals surface area contributed by atoms with Crippen molar-refractivity contribution in [3.05, 3.63) is 52.6 Å². The standard InChI is InChI=1S/C13H12BrNO/c1-2-10-6-8-11(9-7-10)16-13-5-3-4-12(14)15-13/h3-9H,2H2,1H3. The van der Waals surface area contributed by atoms with Crippen molar-refractivity contribution in [1.29, 1.82) is 0 Å². The topological polar surface area (TPSA) is 22.1 Å². The quantitative estimate of drug-likeness (QED) is 0.785. The van der Waals surface area contributed by atoms with Gasteiger partial charge in [-0.1, -0.05) is 25.1 Å². The molecule has 0 aliphatic heterocycles. The lowest BCUT2D eigenvalue weighted by atomic mass is 10.2. The van der Waals surface area contributed by atoms with Gasteiger partial charge in [-0.3, -0.25) is 0 Å². The van der Waals surface area contributed by atoms with E-state index >= 15 is 0 Å². The fourth-order valence-corrected chi connectivity index (χ4v) is 1.69. The molecule has 82 valence electrons. The van der Waals surface area contributed by atoms with Crippen LogP contribution in [0.2, 0.25) is 0 Å². The van der Waals surface area contributed by atoms with Crippen LogP contribution < -0.4 is 4.74 Å². The monoisotopic (exact) mass is 277 g/mol. The molecule has 0 bridgehead atoms. The largest absolute Gasteiger partial charge is 0.439 e. The Balaban J connectivity index is 2.14. The van der Waals surface area contributed by atoms with Gasteiger partial charge in [0.15, 0.2) is 0 Å². The molecule has 0 radical (unpaired) electrons. The van der Waals surface area contributed by atoms with Crippen LogP contribution >= 0.6 is 15.9 Å². The molecule has 1 heterocycles. The van der Waals surface area contributed by atoms with Crippen molar-refractivity contribution in [3.63, 3.8) is 0 Å². The molecule has 1 aromatic carbocycles. The first kappa shape index (κ1) is 11.1. The molecule has 0 fully saturated rings. The molecule has 0 amide bonds. The molecule has 2 aromatic rings. The van der Waals surface area contributed by atoms with E-state index in [4.69, 9.17) is 4.74 Å². The number of rotatable bonds is 3. The van der Waals surface area contributed by atoms with E-state index in [1.54, 1.807) is 0 Å². The lowest BCUT2D eigenvalue weighted by Gasteiger charge is -2.05. The van der Waals surface area contributed by atoms with E-state index in [0.29, 0.717) is 5.88 Å². The highest BCUT2D eigenvalue weighted by atomic mass is 79.9. The first-order valence-corrected chi connectivity index (χ1v) is 5.96. The first-order valence-electron chi connectivity index (χ1n) is 5.17. The molecule has 0 spiro atoms. The van der Waals surface area contributed by atoms with Gasteiger partial charge in [-0.05, 0) is 46.1 Å². The minimum absolute atomic E-state index is 0.596. The Morgan fingerprint density at radius 2 is 1.88 bits per heavy atom. The highest BCUT2D eigenvalue weighted by molar-refractivity contribution is 9.10. The summed E-state index contributed by atoms with van der Waals surface area (Å²) in [7, 11) is 0. The molecule has 16 heavy (non-hydrogen) atoms. The van der Waals surface area contributed by atoms with Crippen LogP contribution in [0.5, 0.6) is 11.6 Å². The van der Waals surface area contributed by atoms with Gasteiger partial charge in [-0.25, -0.2) is 4.98 Å². The number of nitrogens with zero attached hydrogens (tertiary/aromatic N) is 1. The molecule has 0 unspecified atom stereocenters. The molecule has 0 saturated heterocycles. The van der Waals surface area contributed by atoms with Gasteiger partial charge in [0.1, 0.15) is 10.4 Å². The highest BCUT2D eigenvalue weighted by Crippen LogP contribution is 2.21. The van der Waals surface area contributed by atoms with Crippen LogP contribution in [0, 0.1) is 0 Å². The van der Waals surface area contributed by atoms with Crippen LogP contribution in [0.3, 0.4) is 0 Å². The summed E-state index contributed by atoms with van der Waals surface area (Å²) in [6.07, 6.45) is 1.04. The molecule has 0 saturated carbocycles. The highest BCUT2D eigenvalue weighted by Gasteiger charge is 1.99. The van der Waals surface area contributed by atoms with Gasteiger partial charge < -0.3 is 4.74 Å². The van der Waals surface area contributed by atoms with Crippen LogP contribution in [0.15, 0.2) is 47.1 Å². The van der Waals surface area contributed by atoms with E-state index in [1.165, 1.54) is 5.56 Å². The van der Waals surface area contributed by atoms with Gasteiger partial charge in [0.2, 0.25) is 5.88 Å².